The number of ether oxygens (including phenoxy) is 2. The van der Waals surface area contributed by atoms with Crippen LogP contribution in [0, 0.1) is 17.2 Å². The van der Waals surface area contributed by atoms with Crippen molar-refractivity contribution < 1.29 is 14.3 Å². The van der Waals surface area contributed by atoms with Gasteiger partial charge in [0.1, 0.15) is 12.1 Å². The van der Waals surface area contributed by atoms with Crippen LogP contribution < -0.4 is 19.3 Å². The summed E-state index contributed by atoms with van der Waals surface area (Å²) < 4.78 is 11.0. The Labute approximate surface area is 233 Å². The molecule has 0 saturated carbocycles. The average molecular weight is 535 g/mol. The Balaban J connectivity index is 1.20. The van der Waals surface area contributed by atoms with E-state index in [1.54, 1.807) is 37.6 Å². The summed E-state index contributed by atoms with van der Waals surface area (Å²) in [6, 6.07) is 21.2. The number of hydrogen-bond donors (Lipinski definition) is 0. The first-order chi connectivity index (χ1) is 19.6. The predicted octanol–water partition coefficient (Wildman–Crippen LogP) is 5.51. The van der Waals surface area contributed by atoms with E-state index < -0.39 is 0 Å². The van der Waals surface area contributed by atoms with Crippen molar-refractivity contribution in [3.05, 3.63) is 78.1 Å². The number of nitriles is 1. The summed E-state index contributed by atoms with van der Waals surface area (Å²) in [6.07, 6.45) is 3.47. The van der Waals surface area contributed by atoms with Gasteiger partial charge in [-0.3, -0.25) is 4.90 Å². The number of hydrogen-bond acceptors (Lipinski definition) is 7. The molecule has 2 aliphatic heterocycles. The van der Waals surface area contributed by atoms with E-state index >= 15 is 0 Å². The number of methoxy groups -OCH3 is 2. The lowest BCUT2D eigenvalue weighted by Gasteiger charge is -2.40. The molecule has 0 aliphatic carbocycles. The summed E-state index contributed by atoms with van der Waals surface area (Å²) in [4.78, 5) is 28.9. The molecule has 0 unspecified atom stereocenters. The molecule has 4 aromatic rings. The Morgan fingerprint density at radius 3 is 2.52 bits per heavy atom. The quantitative estimate of drug-likeness (QED) is 0.322. The van der Waals surface area contributed by atoms with Crippen LogP contribution in [0.4, 0.5) is 22.0 Å². The summed E-state index contributed by atoms with van der Waals surface area (Å²) in [7, 11) is 3.24. The summed E-state index contributed by atoms with van der Waals surface area (Å²) in [5.41, 5.74) is 4.01. The Kier molecular flexibility index (Phi) is 6.83. The fourth-order valence-corrected chi connectivity index (χ4v) is 5.75. The van der Waals surface area contributed by atoms with E-state index in [-0.39, 0.29) is 6.03 Å². The maximum absolute atomic E-state index is 13.8. The maximum atomic E-state index is 13.8. The zero-order valence-corrected chi connectivity index (χ0v) is 22.6. The molecule has 2 amide bonds. The van der Waals surface area contributed by atoms with Gasteiger partial charge in [-0.1, -0.05) is 24.3 Å². The first-order valence-electron chi connectivity index (χ1n) is 13.4. The van der Waals surface area contributed by atoms with Gasteiger partial charge in [0.2, 0.25) is 0 Å². The van der Waals surface area contributed by atoms with Crippen LogP contribution in [0.25, 0.3) is 10.9 Å². The molecule has 1 fully saturated rings. The van der Waals surface area contributed by atoms with Gasteiger partial charge < -0.3 is 19.3 Å². The van der Waals surface area contributed by atoms with Gasteiger partial charge >= 0.3 is 6.03 Å². The molecule has 1 saturated heterocycles. The molecule has 9 nitrogen and oxygen atoms in total. The average Bonchev–Trinajstić information content (AvgIpc) is 3.01. The summed E-state index contributed by atoms with van der Waals surface area (Å²) in [5.74, 6) is 2.53. The lowest BCUT2D eigenvalue weighted by atomic mass is 9.95. The molecule has 2 aliphatic rings. The molecule has 3 heterocycles. The maximum Gasteiger partial charge on any atom is 0.329 e. The molecule has 40 heavy (non-hydrogen) atoms. The number of amides is 2. The van der Waals surface area contributed by atoms with Crippen molar-refractivity contribution in [3.63, 3.8) is 0 Å². The van der Waals surface area contributed by atoms with Crippen molar-refractivity contribution in [2.24, 2.45) is 5.92 Å². The van der Waals surface area contributed by atoms with Crippen LogP contribution in [0.15, 0.2) is 67.0 Å². The van der Waals surface area contributed by atoms with E-state index in [2.05, 4.69) is 27.0 Å². The minimum absolute atomic E-state index is 0.0564. The first kappa shape index (κ1) is 25.4. The van der Waals surface area contributed by atoms with E-state index in [1.807, 2.05) is 47.4 Å². The van der Waals surface area contributed by atoms with E-state index in [4.69, 9.17) is 9.47 Å². The van der Waals surface area contributed by atoms with Gasteiger partial charge in [-0.15, -0.1) is 0 Å². The van der Waals surface area contributed by atoms with Crippen LogP contribution in [-0.2, 0) is 6.54 Å². The molecule has 9 heteroatoms. The highest BCUT2D eigenvalue weighted by molar-refractivity contribution is 6.02. The highest BCUT2D eigenvalue weighted by Gasteiger charge is 2.34. The second-order valence-electron chi connectivity index (χ2n) is 10.1. The Bertz CT molecular complexity index is 1610. The van der Waals surface area contributed by atoms with Gasteiger partial charge in [0, 0.05) is 37.6 Å². The Hall–Kier alpha value is -4.84. The van der Waals surface area contributed by atoms with Gasteiger partial charge in [-0.25, -0.2) is 14.8 Å². The van der Waals surface area contributed by atoms with E-state index in [0.29, 0.717) is 41.8 Å². The van der Waals surface area contributed by atoms with Crippen molar-refractivity contribution in [2.45, 2.75) is 19.4 Å². The van der Waals surface area contributed by atoms with Crippen LogP contribution in [0.3, 0.4) is 0 Å². The summed E-state index contributed by atoms with van der Waals surface area (Å²) >= 11 is 0. The second kappa shape index (κ2) is 10.7. The van der Waals surface area contributed by atoms with Crippen molar-refractivity contribution in [1.29, 1.82) is 5.26 Å². The largest absolute Gasteiger partial charge is 0.493 e. The van der Waals surface area contributed by atoms with Crippen LogP contribution >= 0.6 is 0 Å². The minimum atomic E-state index is -0.0564. The standard InChI is InChI=1S/C31H30N6O3/c1-39-28-15-25-26(16-29(28)40-2)33-20-34-30(25)35-12-10-21(11-13-35)18-36-19-23-7-3-4-9-27(23)37(31(36)38)24-8-5-6-22(14-24)17-32/h3-9,14-16,20-21H,10-13,18-19H2,1-2H3. The highest BCUT2D eigenvalue weighted by Crippen LogP contribution is 2.38. The van der Waals surface area contributed by atoms with Gasteiger partial charge in [0.15, 0.2) is 11.5 Å². The molecule has 0 atom stereocenters. The van der Waals surface area contributed by atoms with E-state index in [9.17, 15) is 10.1 Å². The van der Waals surface area contributed by atoms with Crippen molar-refractivity contribution >= 4 is 34.1 Å². The zero-order chi connectivity index (χ0) is 27.6. The normalized spacial score (nSPS) is 15.6. The zero-order valence-electron chi connectivity index (χ0n) is 22.6. The van der Waals surface area contributed by atoms with E-state index in [1.165, 1.54) is 0 Å². The molecular formula is C31H30N6O3. The molecule has 3 aromatic carbocycles. The molecule has 202 valence electrons. The molecule has 0 radical (unpaired) electrons. The van der Waals surface area contributed by atoms with Crippen LogP contribution in [0.2, 0.25) is 0 Å². The van der Waals surface area contributed by atoms with Gasteiger partial charge in [0.25, 0.3) is 0 Å². The fourth-order valence-electron chi connectivity index (χ4n) is 5.75. The lowest BCUT2D eigenvalue weighted by molar-refractivity contribution is 0.184. The van der Waals surface area contributed by atoms with Gasteiger partial charge in [0.05, 0.1) is 42.7 Å². The number of para-hydroxylation sites is 1. The van der Waals surface area contributed by atoms with Gasteiger partial charge in [-0.2, -0.15) is 5.26 Å². The van der Waals surface area contributed by atoms with Crippen molar-refractivity contribution in [2.75, 3.05) is 43.7 Å². The smallest absolute Gasteiger partial charge is 0.329 e. The number of nitrogens with zero attached hydrogens (tertiary/aromatic N) is 6. The molecule has 0 spiro atoms. The molecule has 1 aromatic heterocycles. The van der Waals surface area contributed by atoms with Crippen molar-refractivity contribution in [1.82, 2.24) is 14.9 Å². The topological polar surface area (TPSA) is 94.8 Å². The second-order valence-corrected chi connectivity index (χ2v) is 10.1. The Morgan fingerprint density at radius 1 is 0.975 bits per heavy atom. The predicted molar refractivity (Wildman–Crippen MR) is 153 cm³/mol. The SMILES string of the molecule is COc1cc2ncnc(N3CCC(CN4Cc5ccccc5N(c5cccc(C#N)c5)C4=O)CC3)c2cc1OC. The molecule has 0 N–H and O–H groups in total. The summed E-state index contributed by atoms with van der Waals surface area (Å²) in [6.45, 7) is 2.90. The molecule has 0 bridgehead atoms. The third-order valence-corrected chi connectivity index (χ3v) is 7.80. The summed E-state index contributed by atoms with van der Waals surface area (Å²) in [5, 5.41) is 10.3. The number of anilines is 3. The number of carbonyl (C=O) groups excluding carboxylic acids is 1. The van der Waals surface area contributed by atoms with Gasteiger partial charge in [-0.05, 0) is 54.7 Å². The third-order valence-electron chi connectivity index (χ3n) is 7.80. The van der Waals surface area contributed by atoms with Crippen LogP contribution in [0.1, 0.15) is 24.0 Å². The number of piperidine rings is 1. The monoisotopic (exact) mass is 534 g/mol. The minimum Gasteiger partial charge on any atom is -0.493 e. The van der Waals surface area contributed by atoms with Crippen LogP contribution in [-0.4, -0.2) is 54.8 Å². The first-order valence-corrected chi connectivity index (χ1v) is 13.4. The number of urea groups is 1. The van der Waals surface area contributed by atoms with Crippen molar-refractivity contribution in [3.8, 4) is 17.6 Å². The highest BCUT2D eigenvalue weighted by atomic mass is 16.5. The number of carbonyl (C=O) groups is 1. The number of fused-ring (bicyclic) bond motifs is 2. The van der Waals surface area contributed by atoms with E-state index in [0.717, 1.165) is 53.9 Å². The lowest BCUT2D eigenvalue weighted by Crippen LogP contribution is -2.48. The number of rotatable bonds is 6. The molecular weight excluding hydrogens is 504 g/mol. The number of benzene rings is 3. The fraction of sp³-hybridized carbons (Fsp3) is 0.290. The Morgan fingerprint density at radius 2 is 1.75 bits per heavy atom. The third kappa shape index (κ3) is 4.62. The number of aromatic nitrogens is 2. The molecule has 6 rings (SSSR count). The van der Waals surface area contributed by atoms with Crippen LogP contribution in [0.5, 0.6) is 11.5 Å².